The number of hydrogen-bond acceptors (Lipinski definition) is 5. The number of carbonyl (C=O) groups is 2. The van der Waals surface area contributed by atoms with Crippen molar-refractivity contribution in [1.82, 2.24) is 14.6 Å². The lowest BCUT2D eigenvalue weighted by Crippen LogP contribution is -2.47. The Morgan fingerprint density at radius 1 is 1.33 bits per heavy atom. The van der Waals surface area contributed by atoms with Gasteiger partial charge >= 0.3 is 5.97 Å². The van der Waals surface area contributed by atoms with Gasteiger partial charge in [-0.2, -0.15) is 0 Å². The normalized spacial score (nSPS) is 16.8. The fraction of sp³-hybridized carbons (Fsp3) is 0.533. The number of carboxylic acids is 1. The first-order valence-corrected chi connectivity index (χ1v) is 9.35. The minimum atomic E-state index is -3.19. The van der Waals surface area contributed by atoms with Crippen molar-refractivity contribution in [2.75, 3.05) is 18.8 Å². The number of amides is 1. The number of aryl methyl sites for hydroxylation is 1. The molecule has 1 saturated heterocycles. The summed E-state index contributed by atoms with van der Waals surface area (Å²) in [7, 11) is -3.19. The molecule has 9 heteroatoms. The van der Waals surface area contributed by atoms with Gasteiger partial charge in [-0.15, -0.1) is 0 Å². The highest BCUT2D eigenvalue weighted by atomic mass is 32.2. The summed E-state index contributed by atoms with van der Waals surface area (Å²) < 4.78 is 25.1. The Hall–Kier alpha value is -2.00. The van der Waals surface area contributed by atoms with Crippen molar-refractivity contribution in [3.05, 3.63) is 29.1 Å². The number of rotatable bonds is 5. The molecule has 2 heterocycles. The van der Waals surface area contributed by atoms with E-state index in [1.807, 2.05) is 0 Å². The van der Waals surface area contributed by atoms with Crippen molar-refractivity contribution in [3.63, 3.8) is 0 Å². The van der Waals surface area contributed by atoms with Crippen LogP contribution >= 0.6 is 0 Å². The first-order chi connectivity index (χ1) is 11.2. The molecule has 0 bridgehead atoms. The van der Waals surface area contributed by atoms with E-state index >= 15 is 0 Å². The Morgan fingerprint density at radius 3 is 2.46 bits per heavy atom. The van der Waals surface area contributed by atoms with Gasteiger partial charge in [-0.3, -0.25) is 4.79 Å². The molecule has 2 N–H and O–H groups in total. The maximum absolute atomic E-state index is 12.2. The van der Waals surface area contributed by atoms with Crippen LogP contribution in [0.5, 0.6) is 0 Å². The van der Waals surface area contributed by atoms with Crippen LogP contribution < -0.4 is 5.32 Å². The molecule has 1 aromatic heterocycles. The molecule has 0 radical (unpaired) electrons. The van der Waals surface area contributed by atoms with Crippen molar-refractivity contribution in [3.8, 4) is 0 Å². The number of carboxylic acid groups (broad SMARTS) is 1. The van der Waals surface area contributed by atoms with Gasteiger partial charge in [-0.05, 0) is 38.8 Å². The largest absolute Gasteiger partial charge is 0.478 e. The van der Waals surface area contributed by atoms with E-state index in [9.17, 15) is 18.0 Å². The van der Waals surface area contributed by atoms with E-state index in [0.717, 1.165) is 0 Å². The van der Waals surface area contributed by atoms with Crippen molar-refractivity contribution < 1.29 is 23.1 Å². The van der Waals surface area contributed by atoms with E-state index in [1.54, 1.807) is 6.92 Å². The highest BCUT2D eigenvalue weighted by Crippen LogP contribution is 2.15. The smallest absolute Gasteiger partial charge is 0.337 e. The van der Waals surface area contributed by atoms with Crippen LogP contribution in [-0.2, 0) is 10.0 Å². The van der Waals surface area contributed by atoms with Crippen LogP contribution in [0, 0.1) is 6.92 Å². The number of sulfonamides is 1. The Balaban J connectivity index is 1.97. The van der Waals surface area contributed by atoms with E-state index in [0.29, 0.717) is 25.9 Å². The molecule has 0 aliphatic carbocycles. The molecule has 24 heavy (non-hydrogen) atoms. The van der Waals surface area contributed by atoms with Gasteiger partial charge in [0.1, 0.15) is 5.69 Å². The number of carbonyl (C=O) groups excluding carboxylic acids is 1. The maximum Gasteiger partial charge on any atom is 0.337 e. The summed E-state index contributed by atoms with van der Waals surface area (Å²) >= 11 is 0. The minimum absolute atomic E-state index is 0.0598. The minimum Gasteiger partial charge on any atom is -0.478 e. The van der Waals surface area contributed by atoms with Crippen molar-refractivity contribution in [2.24, 2.45) is 0 Å². The molecule has 0 aromatic carbocycles. The molecule has 2 rings (SSSR count). The fourth-order valence-corrected chi connectivity index (χ4v) is 3.77. The van der Waals surface area contributed by atoms with Gasteiger partial charge in [0.2, 0.25) is 10.0 Å². The van der Waals surface area contributed by atoms with Crippen LogP contribution in [0.1, 0.15) is 46.3 Å². The third-order valence-electron chi connectivity index (χ3n) is 4.10. The summed E-state index contributed by atoms with van der Waals surface area (Å²) in [6.07, 6.45) is 1.08. The number of aromatic nitrogens is 1. The van der Waals surface area contributed by atoms with Crippen LogP contribution in [0.3, 0.4) is 0 Å². The van der Waals surface area contributed by atoms with Crippen LogP contribution in [-0.4, -0.2) is 59.6 Å². The van der Waals surface area contributed by atoms with Crippen molar-refractivity contribution in [1.29, 1.82) is 0 Å². The summed E-state index contributed by atoms with van der Waals surface area (Å²) in [5, 5.41) is 11.8. The molecule has 0 unspecified atom stereocenters. The van der Waals surface area contributed by atoms with Gasteiger partial charge in [0.15, 0.2) is 0 Å². The predicted molar refractivity (Wildman–Crippen MR) is 87.5 cm³/mol. The van der Waals surface area contributed by atoms with E-state index in [-0.39, 0.29) is 34.7 Å². The zero-order valence-electron chi connectivity index (χ0n) is 13.7. The summed E-state index contributed by atoms with van der Waals surface area (Å²) in [6.45, 7) is 3.91. The molecular weight excluding hydrogens is 334 g/mol. The van der Waals surface area contributed by atoms with Crippen LogP contribution in [0.25, 0.3) is 0 Å². The predicted octanol–water partition coefficient (Wildman–Crippen LogP) is 0.632. The van der Waals surface area contributed by atoms with Crippen LogP contribution in [0.2, 0.25) is 0 Å². The average molecular weight is 355 g/mol. The monoisotopic (exact) mass is 355 g/mol. The Bertz CT molecular complexity index is 739. The SMILES string of the molecule is CCS(=O)(=O)N1CCC(NC(=O)c2ccc(C(=O)O)c(C)n2)CC1. The number of pyridine rings is 1. The summed E-state index contributed by atoms with van der Waals surface area (Å²) in [4.78, 5) is 27.2. The Kier molecular flexibility index (Phi) is 5.55. The highest BCUT2D eigenvalue weighted by Gasteiger charge is 2.27. The third-order valence-corrected chi connectivity index (χ3v) is 5.98. The van der Waals surface area contributed by atoms with Gasteiger partial charge in [0.05, 0.1) is 17.0 Å². The lowest BCUT2D eigenvalue weighted by atomic mass is 10.1. The van der Waals surface area contributed by atoms with Gasteiger partial charge in [-0.25, -0.2) is 22.5 Å². The Morgan fingerprint density at radius 2 is 1.96 bits per heavy atom. The molecule has 0 atom stereocenters. The summed E-state index contributed by atoms with van der Waals surface area (Å²) in [5.74, 6) is -1.40. The molecule has 0 saturated carbocycles. The van der Waals surface area contributed by atoms with Crippen molar-refractivity contribution in [2.45, 2.75) is 32.7 Å². The first kappa shape index (κ1) is 18.3. The third kappa shape index (κ3) is 4.09. The topological polar surface area (TPSA) is 117 Å². The first-order valence-electron chi connectivity index (χ1n) is 7.74. The lowest BCUT2D eigenvalue weighted by Gasteiger charge is -2.31. The second kappa shape index (κ2) is 7.27. The van der Waals surface area contributed by atoms with Gasteiger partial charge < -0.3 is 10.4 Å². The van der Waals surface area contributed by atoms with Crippen LogP contribution in [0.15, 0.2) is 12.1 Å². The zero-order chi connectivity index (χ0) is 17.9. The lowest BCUT2D eigenvalue weighted by molar-refractivity contribution is 0.0694. The molecule has 1 aliphatic heterocycles. The average Bonchev–Trinajstić information content (AvgIpc) is 2.54. The second-order valence-electron chi connectivity index (χ2n) is 5.68. The molecule has 0 spiro atoms. The maximum atomic E-state index is 12.2. The fourth-order valence-electron chi connectivity index (χ4n) is 2.63. The van der Waals surface area contributed by atoms with Gasteiger partial charge in [0, 0.05) is 19.1 Å². The molecule has 8 nitrogen and oxygen atoms in total. The quantitative estimate of drug-likeness (QED) is 0.800. The number of piperidine rings is 1. The zero-order valence-corrected chi connectivity index (χ0v) is 14.5. The molecule has 1 fully saturated rings. The summed E-state index contributed by atoms with van der Waals surface area (Å²) in [6, 6.07) is 2.61. The van der Waals surface area contributed by atoms with Gasteiger partial charge in [0.25, 0.3) is 5.91 Å². The van der Waals surface area contributed by atoms with Crippen LogP contribution in [0.4, 0.5) is 0 Å². The Labute approximate surface area is 140 Å². The second-order valence-corrected chi connectivity index (χ2v) is 7.94. The molecule has 132 valence electrons. The van der Waals surface area contributed by atoms with E-state index in [2.05, 4.69) is 10.3 Å². The number of nitrogens with one attached hydrogen (secondary N) is 1. The molecule has 1 amide bonds. The molecule has 1 aromatic rings. The number of hydrogen-bond donors (Lipinski definition) is 2. The number of nitrogens with zero attached hydrogens (tertiary/aromatic N) is 2. The standard InChI is InChI=1S/C15H21N3O5S/c1-3-24(22,23)18-8-6-11(7-9-18)17-14(19)13-5-4-12(15(20)21)10(2)16-13/h4-5,11H,3,6-9H2,1-2H3,(H,17,19)(H,20,21). The van der Waals surface area contributed by atoms with E-state index in [4.69, 9.17) is 5.11 Å². The number of aromatic carboxylic acids is 1. The van der Waals surface area contributed by atoms with Gasteiger partial charge in [-0.1, -0.05) is 0 Å². The molecular formula is C15H21N3O5S. The summed E-state index contributed by atoms with van der Waals surface area (Å²) in [5.41, 5.74) is 0.491. The van der Waals surface area contributed by atoms with Crippen molar-refractivity contribution >= 4 is 21.9 Å². The highest BCUT2D eigenvalue weighted by molar-refractivity contribution is 7.89. The molecule has 1 aliphatic rings. The van der Waals surface area contributed by atoms with E-state index < -0.39 is 16.0 Å². The van der Waals surface area contributed by atoms with E-state index in [1.165, 1.54) is 23.4 Å².